The number of benzene rings is 2. The van der Waals surface area contributed by atoms with E-state index in [0.29, 0.717) is 12.8 Å². The smallest absolute Gasteiger partial charge is 0.294 e. The number of nitrogens with one attached hydrogen (secondary N) is 2. The lowest BCUT2D eigenvalue weighted by Crippen LogP contribution is -2.80. The van der Waals surface area contributed by atoms with E-state index in [4.69, 9.17) is 5.41 Å². The maximum absolute atomic E-state index is 18.1. The summed E-state index contributed by atoms with van der Waals surface area (Å²) in [5.74, 6) is -4.14. The Bertz CT molecular complexity index is 1130. The van der Waals surface area contributed by atoms with Gasteiger partial charge >= 0.3 is 6.03 Å². The van der Waals surface area contributed by atoms with Gasteiger partial charge in [-0.15, -0.1) is 12.4 Å². The van der Waals surface area contributed by atoms with E-state index in [-0.39, 0.29) is 43.4 Å². The van der Waals surface area contributed by atoms with Crippen LogP contribution in [0.5, 0.6) is 0 Å². The summed E-state index contributed by atoms with van der Waals surface area (Å²) in [4.78, 5) is 15.8. The molecule has 2 heterocycles. The largest absolute Gasteiger partial charge is 0.328 e. The number of hydrogen-bond donors (Lipinski definition) is 2. The van der Waals surface area contributed by atoms with E-state index in [2.05, 4.69) is 5.32 Å². The minimum absolute atomic E-state index is 0. The Hall–Kier alpha value is -2.58. The minimum atomic E-state index is -2.60. The first-order valence-electron chi connectivity index (χ1n) is 12.3. The lowest BCUT2D eigenvalue weighted by Gasteiger charge is -2.61. The third kappa shape index (κ3) is 3.80. The van der Waals surface area contributed by atoms with Gasteiger partial charge in [-0.1, -0.05) is 55.7 Å². The predicted octanol–water partition coefficient (Wildman–Crippen LogP) is 6.37. The number of likely N-dealkylation sites (tertiary alicyclic amines) is 1. The molecule has 2 saturated heterocycles. The molecule has 9 heteroatoms. The van der Waals surface area contributed by atoms with E-state index in [1.807, 2.05) is 30.3 Å². The van der Waals surface area contributed by atoms with Crippen LogP contribution in [0.15, 0.2) is 54.6 Å². The molecule has 2 aromatic carbocycles. The molecule has 2 aliphatic heterocycles. The Morgan fingerprint density at radius 3 is 2.42 bits per heavy atom. The molecule has 1 unspecified atom stereocenters. The van der Waals surface area contributed by atoms with Crippen LogP contribution in [-0.2, 0) is 6.54 Å². The molecule has 194 valence electrons. The average molecular weight is 521 g/mol. The number of urea groups is 1. The number of amidine groups is 1. The molecule has 0 bridgehead atoms. The number of hydrogen-bond acceptors (Lipinski definition) is 3. The Morgan fingerprint density at radius 2 is 1.75 bits per heavy atom. The Morgan fingerprint density at radius 1 is 1.06 bits per heavy atom. The molecule has 2 amide bonds. The van der Waals surface area contributed by atoms with Crippen LogP contribution in [0.3, 0.4) is 0 Å². The normalized spacial score (nSPS) is 31.4. The number of piperidine rings is 1. The minimum Gasteiger partial charge on any atom is -0.294 e. The van der Waals surface area contributed by atoms with E-state index < -0.39 is 34.8 Å². The highest BCUT2D eigenvalue weighted by atomic mass is 35.5. The molecular formula is C27H32ClF3N4O. The van der Waals surface area contributed by atoms with Gasteiger partial charge in [0.15, 0.2) is 11.5 Å². The molecular weight excluding hydrogens is 489 g/mol. The van der Waals surface area contributed by atoms with Crippen LogP contribution in [-0.4, -0.2) is 40.3 Å². The van der Waals surface area contributed by atoms with Crippen LogP contribution in [0.1, 0.15) is 51.0 Å². The number of amides is 2. The standard InChI is InChI=1S/C27H31F3N4O.ClH/c1-25(29)27(30,20-11-6-3-7-12-20)26(15-16-33(25)18-19-9-4-2-5-10-19)23(31)32-24(35)34(26)22-14-8-13-21(28)17-22;/h2,4-5,8-10,13-14,17,20H,3,6-7,11-12,15-16,18H2,1H3,(H2,31,32,35);1H/t25-,26-,27?;/m0./s1. The highest BCUT2D eigenvalue weighted by molar-refractivity contribution is 6.19. The topological polar surface area (TPSA) is 59.4 Å². The van der Waals surface area contributed by atoms with Crippen LogP contribution in [0, 0.1) is 17.1 Å². The van der Waals surface area contributed by atoms with E-state index >= 15 is 8.78 Å². The lowest BCUT2D eigenvalue weighted by molar-refractivity contribution is -0.215. The highest BCUT2D eigenvalue weighted by Crippen LogP contribution is 2.59. The van der Waals surface area contributed by atoms with Gasteiger partial charge in [-0.25, -0.2) is 18.0 Å². The molecule has 1 aliphatic carbocycles. The second-order valence-electron chi connectivity index (χ2n) is 10.1. The van der Waals surface area contributed by atoms with Gasteiger partial charge < -0.3 is 0 Å². The Labute approximate surface area is 216 Å². The van der Waals surface area contributed by atoms with Gasteiger partial charge in [0.1, 0.15) is 17.2 Å². The molecule has 2 N–H and O–H groups in total. The average Bonchev–Trinajstić information content (AvgIpc) is 3.11. The monoisotopic (exact) mass is 520 g/mol. The second kappa shape index (κ2) is 9.71. The third-order valence-electron chi connectivity index (χ3n) is 8.28. The van der Waals surface area contributed by atoms with E-state index in [1.165, 1.54) is 30.0 Å². The Kier molecular flexibility index (Phi) is 7.14. The summed E-state index contributed by atoms with van der Waals surface area (Å²) in [6, 6.07) is 14.0. The van der Waals surface area contributed by atoms with Crippen LogP contribution in [0.2, 0.25) is 0 Å². The molecule has 1 saturated carbocycles. The maximum Gasteiger partial charge on any atom is 0.328 e. The second-order valence-corrected chi connectivity index (χ2v) is 10.1. The summed E-state index contributed by atoms with van der Waals surface area (Å²) >= 11 is 0. The summed E-state index contributed by atoms with van der Waals surface area (Å²) in [5, 5.41) is 11.3. The van der Waals surface area contributed by atoms with Crippen LogP contribution in [0.25, 0.3) is 0 Å². The molecule has 3 fully saturated rings. The van der Waals surface area contributed by atoms with E-state index in [0.717, 1.165) is 35.8 Å². The quantitative estimate of drug-likeness (QED) is 0.460. The first-order chi connectivity index (χ1) is 16.7. The molecule has 0 aromatic heterocycles. The molecule has 2 aromatic rings. The summed E-state index contributed by atoms with van der Waals surface area (Å²) in [6.07, 6.45) is 3.41. The van der Waals surface area contributed by atoms with Crippen molar-refractivity contribution in [1.82, 2.24) is 10.2 Å². The molecule has 3 aliphatic rings. The third-order valence-corrected chi connectivity index (χ3v) is 8.28. The van der Waals surface area contributed by atoms with Crippen LogP contribution < -0.4 is 10.2 Å². The van der Waals surface area contributed by atoms with Crippen molar-refractivity contribution in [3.63, 3.8) is 0 Å². The van der Waals surface area contributed by atoms with E-state index in [9.17, 15) is 9.18 Å². The zero-order valence-corrected chi connectivity index (χ0v) is 21.1. The number of carbonyl (C=O) groups is 1. The highest BCUT2D eigenvalue weighted by Gasteiger charge is 2.77. The number of rotatable bonds is 4. The van der Waals surface area contributed by atoms with Crippen molar-refractivity contribution in [1.29, 1.82) is 5.41 Å². The SMILES string of the molecule is C[C@]1(F)N(Cc2ccccc2)CC[C@]2(C(=N)NC(=O)N2c2cccc(F)c2)C1(F)C1CCCCC1.Cl. The van der Waals surface area contributed by atoms with Gasteiger partial charge in [0, 0.05) is 24.7 Å². The van der Waals surface area contributed by atoms with Crippen molar-refractivity contribution in [2.24, 2.45) is 5.92 Å². The maximum atomic E-state index is 18.1. The van der Waals surface area contributed by atoms with Gasteiger partial charge in [-0.2, -0.15) is 0 Å². The predicted molar refractivity (Wildman–Crippen MR) is 137 cm³/mol. The number of anilines is 1. The fourth-order valence-corrected chi connectivity index (χ4v) is 6.62. The number of nitrogens with zero attached hydrogens (tertiary/aromatic N) is 2. The summed E-state index contributed by atoms with van der Waals surface area (Å²) in [5.41, 5.74) is -3.53. The molecule has 36 heavy (non-hydrogen) atoms. The number of halogens is 4. The van der Waals surface area contributed by atoms with Crippen molar-refractivity contribution in [2.75, 3.05) is 11.4 Å². The van der Waals surface area contributed by atoms with Crippen molar-refractivity contribution >= 4 is 30.0 Å². The Balaban J connectivity index is 0.00000304. The number of alkyl halides is 2. The lowest BCUT2D eigenvalue weighted by atomic mass is 9.59. The summed E-state index contributed by atoms with van der Waals surface area (Å²) in [7, 11) is 0. The van der Waals surface area contributed by atoms with Crippen molar-refractivity contribution < 1.29 is 18.0 Å². The first-order valence-corrected chi connectivity index (χ1v) is 12.3. The van der Waals surface area contributed by atoms with Gasteiger partial charge in [0.25, 0.3) is 0 Å². The molecule has 5 nitrogen and oxygen atoms in total. The fraction of sp³-hybridized carbons (Fsp3) is 0.481. The zero-order valence-electron chi connectivity index (χ0n) is 20.3. The molecule has 1 spiro atoms. The fourth-order valence-electron chi connectivity index (χ4n) is 6.62. The van der Waals surface area contributed by atoms with Gasteiger partial charge in [-0.3, -0.25) is 20.5 Å². The first kappa shape index (κ1) is 26.5. The van der Waals surface area contributed by atoms with Gasteiger partial charge in [-0.05, 0) is 49.9 Å². The van der Waals surface area contributed by atoms with E-state index in [1.54, 1.807) is 0 Å². The van der Waals surface area contributed by atoms with Crippen molar-refractivity contribution in [2.45, 2.75) is 69.0 Å². The summed E-state index contributed by atoms with van der Waals surface area (Å²) < 4.78 is 49.6. The van der Waals surface area contributed by atoms with Crippen LogP contribution >= 0.6 is 12.4 Å². The number of carbonyl (C=O) groups excluding carboxylic acids is 1. The van der Waals surface area contributed by atoms with Gasteiger partial charge in [0.05, 0.1) is 0 Å². The molecule has 0 radical (unpaired) electrons. The van der Waals surface area contributed by atoms with Crippen LogP contribution in [0.4, 0.5) is 23.7 Å². The van der Waals surface area contributed by atoms with Crippen molar-refractivity contribution in [3.8, 4) is 0 Å². The molecule has 5 rings (SSSR count). The van der Waals surface area contributed by atoms with Crippen molar-refractivity contribution in [3.05, 3.63) is 66.0 Å². The zero-order chi connectivity index (χ0) is 24.8. The summed E-state index contributed by atoms with van der Waals surface area (Å²) in [6.45, 7) is 1.59. The van der Waals surface area contributed by atoms with Gasteiger partial charge in [0.2, 0.25) is 0 Å². The molecule has 3 atom stereocenters.